The summed E-state index contributed by atoms with van der Waals surface area (Å²) in [5.74, 6) is -0.875. The summed E-state index contributed by atoms with van der Waals surface area (Å²) in [6.45, 7) is 2.43. The predicted molar refractivity (Wildman–Crippen MR) is 91.1 cm³/mol. The minimum Gasteiger partial charge on any atom is -0.464 e. The van der Waals surface area contributed by atoms with Crippen molar-refractivity contribution in [2.75, 3.05) is 43.1 Å². The van der Waals surface area contributed by atoms with E-state index in [9.17, 15) is 9.18 Å². The summed E-state index contributed by atoms with van der Waals surface area (Å²) < 4.78 is 19.0. The molecule has 7 heteroatoms. The Morgan fingerprint density at radius 1 is 1.20 bits per heavy atom. The van der Waals surface area contributed by atoms with Gasteiger partial charge in [-0.2, -0.15) is 5.26 Å². The maximum atomic E-state index is 14.2. The second-order valence-corrected chi connectivity index (χ2v) is 5.61. The number of hydrogen-bond acceptors (Lipinski definition) is 6. The lowest BCUT2D eigenvalue weighted by Gasteiger charge is -2.37. The van der Waals surface area contributed by atoms with E-state index in [1.165, 1.54) is 13.2 Å². The van der Waals surface area contributed by atoms with Crippen molar-refractivity contribution in [3.05, 3.63) is 53.6 Å². The highest BCUT2D eigenvalue weighted by Gasteiger charge is 2.24. The molecule has 1 aromatic carbocycles. The number of pyridine rings is 1. The van der Waals surface area contributed by atoms with Gasteiger partial charge in [-0.15, -0.1) is 0 Å². The van der Waals surface area contributed by atoms with Crippen LogP contribution in [0.2, 0.25) is 0 Å². The molecule has 0 saturated carbocycles. The van der Waals surface area contributed by atoms with Gasteiger partial charge in [0.1, 0.15) is 5.82 Å². The normalized spacial score (nSPS) is 14.1. The van der Waals surface area contributed by atoms with Crippen LogP contribution in [-0.2, 0) is 4.74 Å². The monoisotopic (exact) mass is 340 g/mol. The summed E-state index contributed by atoms with van der Waals surface area (Å²) in [5, 5.41) is 8.83. The molecule has 1 aromatic heterocycles. The molecule has 0 amide bonds. The van der Waals surface area contributed by atoms with Crippen LogP contribution in [0.1, 0.15) is 16.1 Å². The largest absolute Gasteiger partial charge is 0.464 e. The first-order chi connectivity index (χ1) is 12.1. The average molecular weight is 340 g/mol. The number of carbonyl (C=O) groups excluding carboxylic acids is 1. The van der Waals surface area contributed by atoms with E-state index in [-0.39, 0.29) is 5.69 Å². The zero-order chi connectivity index (χ0) is 17.8. The molecular formula is C18H17FN4O2. The number of halogens is 1. The van der Waals surface area contributed by atoms with E-state index in [0.717, 1.165) is 0 Å². The zero-order valence-corrected chi connectivity index (χ0v) is 13.8. The van der Waals surface area contributed by atoms with Gasteiger partial charge in [-0.05, 0) is 30.3 Å². The molecule has 0 atom stereocenters. The van der Waals surface area contributed by atoms with Crippen LogP contribution in [0, 0.1) is 17.1 Å². The third-order valence-corrected chi connectivity index (χ3v) is 4.20. The smallest absolute Gasteiger partial charge is 0.358 e. The van der Waals surface area contributed by atoms with E-state index >= 15 is 0 Å². The van der Waals surface area contributed by atoms with Gasteiger partial charge in [0.05, 0.1) is 30.1 Å². The van der Waals surface area contributed by atoms with Gasteiger partial charge >= 0.3 is 5.97 Å². The second kappa shape index (κ2) is 7.18. The first kappa shape index (κ1) is 16.7. The van der Waals surface area contributed by atoms with Crippen LogP contribution in [0.3, 0.4) is 0 Å². The maximum Gasteiger partial charge on any atom is 0.358 e. The van der Waals surface area contributed by atoms with Crippen LogP contribution in [0.15, 0.2) is 36.5 Å². The van der Waals surface area contributed by atoms with Crippen molar-refractivity contribution in [2.24, 2.45) is 0 Å². The summed E-state index contributed by atoms with van der Waals surface area (Å²) in [7, 11) is 1.33. The Morgan fingerprint density at radius 2 is 1.88 bits per heavy atom. The molecule has 1 saturated heterocycles. The lowest BCUT2D eigenvalue weighted by molar-refractivity contribution is 0.0594. The van der Waals surface area contributed by atoms with Crippen LogP contribution in [0.4, 0.5) is 15.8 Å². The third kappa shape index (κ3) is 3.38. The number of aromatic nitrogens is 1. The molecule has 0 N–H and O–H groups in total. The average Bonchev–Trinajstić information content (AvgIpc) is 2.67. The molecule has 6 nitrogen and oxygen atoms in total. The van der Waals surface area contributed by atoms with Gasteiger partial charge in [0.25, 0.3) is 0 Å². The van der Waals surface area contributed by atoms with Crippen LogP contribution < -0.4 is 9.80 Å². The Morgan fingerprint density at radius 3 is 2.48 bits per heavy atom. The van der Waals surface area contributed by atoms with Gasteiger partial charge in [-0.25, -0.2) is 14.2 Å². The van der Waals surface area contributed by atoms with Gasteiger partial charge in [0, 0.05) is 32.4 Å². The van der Waals surface area contributed by atoms with E-state index in [2.05, 4.69) is 4.98 Å². The molecule has 3 rings (SSSR count). The van der Waals surface area contributed by atoms with Crippen LogP contribution in [0.25, 0.3) is 0 Å². The fourth-order valence-electron chi connectivity index (χ4n) is 2.93. The fourth-order valence-corrected chi connectivity index (χ4v) is 2.93. The molecule has 128 valence electrons. The number of anilines is 2. The molecule has 2 heterocycles. The van der Waals surface area contributed by atoms with Crippen molar-refractivity contribution in [2.45, 2.75) is 0 Å². The maximum absolute atomic E-state index is 14.2. The molecule has 0 radical (unpaired) electrons. The SMILES string of the molecule is COC(=O)c1ncccc1N1CCN(c2ccc(C#N)cc2F)CC1. The van der Waals surface area contributed by atoms with E-state index in [1.807, 2.05) is 21.9 Å². The Hall–Kier alpha value is -3.14. The van der Waals surface area contributed by atoms with Gasteiger partial charge in [-0.1, -0.05) is 0 Å². The molecule has 25 heavy (non-hydrogen) atoms. The highest BCUT2D eigenvalue weighted by atomic mass is 19.1. The van der Waals surface area contributed by atoms with Crippen molar-refractivity contribution in [1.82, 2.24) is 4.98 Å². The van der Waals surface area contributed by atoms with Crippen LogP contribution in [-0.4, -0.2) is 44.2 Å². The minimum atomic E-state index is -0.476. The second-order valence-electron chi connectivity index (χ2n) is 5.61. The lowest BCUT2D eigenvalue weighted by atomic mass is 10.1. The zero-order valence-electron chi connectivity index (χ0n) is 13.8. The summed E-state index contributed by atoms with van der Waals surface area (Å²) in [4.78, 5) is 20.0. The molecule has 1 aliphatic heterocycles. The lowest BCUT2D eigenvalue weighted by Crippen LogP contribution is -2.47. The summed E-state index contributed by atoms with van der Waals surface area (Å²) in [6, 6.07) is 10.0. The molecule has 0 bridgehead atoms. The number of esters is 1. The van der Waals surface area contributed by atoms with Crippen molar-refractivity contribution < 1.29 is 13.9 Å². The summed E-state index contributed by atoms with van der Waals surface area (Å²) in [6.07, 6.45) is 1.55. The molecule has 1 aliphatic rings. The number of rotatable bonds is 3. The van der Waals surface area contributed by atoms with E-state index < -0.39 is 11.8 Å². The molecule has 2 aromatic rings. The third-order valence-electron chi connectivity index (χ3n) is 4.20. The van der Waals surface area contributed by atoms with Crippen molar-refractivity contribution in [1.29, 1.82) is 5.26 Å². The van der Waals surface area contributed by atoms with E-state index in [4.69, 9.17) is 10.00 Å². The minimum absolute atomic E-state index is 0.281. The molecular weight excluding hydrogens is 323 g/mol. The Kier molecular flexibility index (Phi) is 4.80. The fraction of sp³-hybridized carbons (Fsp3) is 0.278. The number of hydrogen-bond donors (Lipinski definition) is 0. The quantitative estimate of drug-likeness (QED) is 0.798. The Bertz CT molecular complexity index is 826. The topological polar surface area (TPSA) is 69.5 Å². The predicted octanol–water partition coefficient (Wildman–Crippen LogP) is 2.21. The molecule has 0 aliphatic carbocycles. The van der Waals surface area contributed by atoms with Crippen LogP contribution in [0.5, 0.6) is 0 Å². The number of methoxy groups -OCH3 is 1. The molecule has 0 spiro atoms. The standard InChI is InChI=1S/C18H17FN4O2/c1-25-18(24)17-16(3-2-6-21-17)23-9-7-22(8-10-23)15-5-4-13(12-20)11-14(15)19/h2-6,11H,7-10H2,1H3. The van der Waals surface area contributed by atoms with Crippen molar-refractivity contribution >= 4 is 17.3 Å². The number of piperazine rings is 1. The summed E-state index contributed by atoms with van der Waals surface area (Å²) in [5.41, 5.74) is 1.79. The molecule has 1 fully saturated rings. The van der Waals surface area contributed by atoms with Gasteiger partial charge in [0.2, 0.25) is 0 Å². The highest BCUT2D eigenvalue weighted by Crippen LogP contribution is 2.25. The number of nitriles is 1. The Balaban J connectivity index is 1.75. The van der Waals surface area contributed by atoms with Gasteiger partial charge < -0.3 is 14.5 Å². The first-order valence-electron chi connectivity index (χ1n) is 7.87. The first-order valence-corrected chi connectivity index (χ1v) is 7.87. The van der Waals surface area contributed by atoms with Crippen molar-refractivity contribution in [3.63, 3.8) is 0 Å². The van der Waals surface area contributed by atoms with E-state index in [0.29, 0.717) is 43.1 Å². The van der Waals surface area contributed by atoms with Crippen molar-refractivity contribution in [3.8, 4) is 6.07 Å². The van der Waals surface area contributed by atoms with Crippen LogP contribution >= 0.6 is 0 Å². The van der Waals surface area contributed by atoms with Gasteiger partial charge in [0.15, 0.2) is 5.69 Å². The Labute approximate surface area is 145 Å². The number of ether oxygens (including phenoxy) is 1. The summed E-state index contributed by atoms with van der Waals surface area (Å²) >= 11 is 0. The number of benzene rings is 1. The van der Waals surface area contributed by atoms with Gasteiger partial charge in [-0.3, -0.25) is 0 Å². The number of nitrogens with zero attached hydrogens (tertiary/aromatic N) is 4. The highest BCUT2D eigenvalue weighted by molar-refractivity contribution is 5.93. The molecule has 0 unspecified atom stereocenters. The van der Waals surface area contributed by atoms with E-state index in [1.54, 1.807) is 24.4 Å². The number of carbonyl (C=O) groups is 1.